The summed E-state index contributed by atoms with van der Waals surface area (Å²) in [4.78, 5) is 13.4. The monoisotopic (exact) mass is 150 g/mol. The Bertz CT molecular complexity index is 237. The first-order chi connectivity index (χ1) is 4.20. The average molecular weight is 150 g/mol. The van der Waals surface area contributed by atoms with Gasteiger partial charge in [0.2, 0.25) is 0 Å². The molecule has 0 saturated carbocycles. The minimum Gasteiger partial charge on any atom is -0.542 e. The fourth-order valence-corrected chi connectivity index (χ4v) is 0.898. The van der Waals surface area contributed by atoms with Gasteiger partial charge < -0.3 is 15.6 Å². The van der Waals surface area contributed by atoms with Crippen molar-refractivity contribution < 1.29 is 28.8 Å². The van der Waals surface area contributed by atoms with Gasteiger partial charge in [-0.1, -0.05) is 11.3 Å². The summed E-state index contributed by atoms with van der Waals surface area (Å²) < 4.78 is 0. The molecule has 0 spiro atoms. The fourth-order valence-electron chi connectivity index (χ4n) is 0.381. The number of carbonyl (C=O) groups excluding carboxylic acids is 1. The zero-order valence-electron chi connectivity index (χ0n) is 5.33. The second-order valence-corrected chi connectivity index (χ2v) is 2.42. The zero-order chi connectivity index (χ0) is 6.85. The number of carboxylic acids is 1. The third kappa shape index (κ3) is 2.03. The van der Waals surface area contributed by atoms with Crippen molar-refractivity contribution in [2.75, 3.05) is 5.73 Å². The van der Waals surface area contributed by atoms with Crippen molar-refractivity contribution in [2.45, 2.75) is 0 Å². The van der Waals surface area contributed by atoms with Gasteiger partial charge in [0.1, 0.15) is 16.0 Å². The molecule has 6 heteroatoms. The Morgan fingerprint density at radius 3 is 2.60 bits per heavy atom. The molecule has 4 nitrogen and oxygen atoms in total. The van der Waals surface area contributed by atoms with Gasteiger partial charge in [0.25, 0.3) is 0 Å². The van der Waals surface area contributed by atoms with E-state index in [0.717, 1.165) is 11.3 Å². The zero-order valence-corrected chi connectivity index (χ0v) is 6.14. The number of nitrogen functional groups attached to an aromatic ring is 1. The van der Waals surface area contributed by atoms with Crippen LogP contribution in [0.2, 0.25) is 0 Å². The van der Waals surface area contributed by atoms with E-state index >= 15 is 0 Å². The van der Waals surface area contributed by atoms with E-state index in [1.807, 2.05) is 0 Å². The predicted molar refractivity (Wildman–Crippen MR) is 30.9 cm³/mol. The molecule has 0 saturated heterocycles. The van der Waals surface area contributed by atoms with Gasteiger partial charge in [-0.25, -0.2) is 4.98 Å². The molecule has 1 aromatic rings. The summed E-state index contributed by atoms with van der Waals surface area (Å²) in [6, 6.07) is 0. The molecule has 0 fully saturated rings. The SMILES string of the molecule is Nc1cnc(C(=O)[O-])s1.[Li+]. The van der Waals surface area contributed by atoms with Gasteiger partial charge in [-0.15, -0.1) is 0 Å². The molecule has 0 unspecified atom stereocenters. The van der Waals surface area contributed by atoms with Crippen LogP contribution in [0.3, 0.4) is 0 Å². The Morgan fingerprint density at radius 1 is 1.80 bits per heavy atom. The molecule has 48 valence electrons. The van der Waals surface area contributed by atoms with Crippen molar-refractivity contribution in [2.24, 2.45) is 0 Å². The first-order valence-corrected chi connectivity index (χ1v) is 2.94. The van der Waals surface area contributed by atoms with Crippen molar-refractivity contribution in [1.29, 1.82) is 0 Å². The summed E-state index contributed by atoms with van der Waals surface area (Å²) >= 11 is 0.900. The van der Waals surface area contributed by atoms with Crippen LogP contribution >= 0.6 is 11.3 Å². The maximum absolute atomic E-state index is 10.00. The van der Waals surface area contributed by atoms with Crippen LogP contribution in [0.4, 0.5) is 5.00 Å². The van der Waals surface area contributed by atoms with Gasteiger partial charge in [-0.3, -0.25) is 0 Å². The molecular weight excluding hydrogens is 147 g/mol. The summed E-state index contributed by atoms with van der Waals surface area (Å²) in [5.41, 5.74) is 5.18. The first-order valence-electron chi connectivity index (χ1n) is 2.13. The molecule has 0 aromatic carbocycles. The van der Waals surface area contributed by atoms with Crippen molar-refractivity contribution >= 4 is 22.3 Å². The first kappa shape index (κ1) is 9.50. The number of rotatable bonds is 1. The number of hydrogen-bond donors (Lipinski definition) is 1. The molecular formula is C4H3LiN2O2S. The minimum atomic E-state index is -1.28. The van der Waals surface area contributed by atoms with Crippen LogP contribution in [0, 0.1) is 0 Å². The summed E-state index contributed by atoms with van der Waals surface area (Å²) in [5, 5.41) is 10.3. The summed E-state index contributed by atoms with van der Waals surface area (Å²) in [6.45, 7) is 0. The largest absolute Gasteiger partial charge is 1.00 e. The standard InChI is InChI=1S/C4H4N2O2S.Li/c5-2-1-6-3(9-2)4(7)8;/h1H,5H2,(H,7,8);/q;+1/p-1. The molecule has 0 aliphatic carbocycles. The third-order valence-corrected chi connectivity index (χ3v) is 1.50. The van der Waals surface area contributed by atoms with Gasteiger partial charge in [-0.2, -0.15) is 0 Å². The van der Waals surface area contributed by atoms with E-state index in [0.29, 0.717) is 5.00 Å². The fraction of sp³-hybridized carbons (Fsp3) is 0. The van der Waals surface area contributed by atoms with Crippen molar-refractivity contribution in [3.8, 4) is 0 Å². The van der Waals surface area contributed by atoms with Gasteiger partial charge in [0.05, 0.1) is 6.20 Å². The van der Waals surface area contributed by atoms with E-state index in [9.17, 15) is 9.90 Å². The summed E-state index contributed by atoms with van der Waals surface area (Å²) in [6.07, 6.45) is 1.29. The van der Waals surface area contributed by atoms with Crippen LogP contribution in [0.25, 0.3) is 0 Å². The molecule has 0 aliphatic rings. The van der Waals surface area contributed by atoms with E-state index in [1.54, 1.807) is 0 Å². The number of hydrogen-bond acceptors (Lipinski definition) is 5. The van der Waals surface area contributed by atoms with E-state index in [4.69, 9.17) is 5.73 Å². The Kier molecular flexibility index (Phi) is 3.43. The van der Waals surface area contributed by atoms with E-state index < -0.39 is 5.97 Å². The normalized spacial score (nSPS) is 8.40. The number of carbonyl (C=O) groups is 1. The van der Waals surface area contributed by atoms with Gasteiger partial charge in [0, 0.05) is 0 Å². The summed E-state index contributed by atoms with van der Waals surface area (Å²) in [5.74, 6) is -1.28. The number of carboxylic acid groups (broad SMARTS) is 1. The van der Waals surface area contributed by atoms with Crippen molar-refractivity contribution in [3.63, 3.8) is 0 Å². The minimum absolute atomic E-state index is 0. The smallest absolute Gasteiger partial charge is 0.542 e. The van der Waals surface area contributed by atoms with Crippen LogP contribution in [-0.2, 0) is 0 Å². The van der Waals surface area contributed by atoms with Crippen LogP contribution in [-0.4, -0.2) is 11.0 Å². The predicted octanol–water partition coefficient (Wildman–Crippen LogP) is -3.91. The number of nitrogens with zero attached hydrogens (tertiary/aromatic N) is 1. The Labute approximate surface area is 73.2 Å². The van der Waals surface area contributed by atoms with Crippen LogP contribution < -0.4 is 29.7 Å². The molecule has 2 N–H and O–H groups in total. The number of anilines is 1. The van der Waals surface area contributed by atoms with Crippen LogP contribution in [0.1, 0.15) is 9.80 Å². The van der Waals surface area contributed by atoms with Gasteiger partial charge in [0.15, 0.2) is 0 Å². The Morgan fingerprint density at radius 2 is 2.40 bits per heavy atom. The second-order valence-electron chi connectivity index (χ2n) is 1.36. The quantitative estimate of drug-likeness (QED) is 0.415. The van der Waals surface area contributed by atoms with E-state index in [-0.39, 0.29) is 23.9 Å². The molecule has 0 amide bonds. The average Bonchev–Trinajstić information content (AvgIpc) is 2.14. The number of aromatic carboxylic acids is 1. The van der Waals surface area contributed by atoms with Crippen molar-refractivity contribution in [1.82, 2.24) is 4.98 Å². The molecule has 0 atom stereocenters. The molecule has 10 heavy (non-hydrogen) atoms. The Balaban J connectivity index is 0.000000810. The molecule has 1 heterocycles. The molecule has 0 radical (unpaired) electrons. The number of nitrogens with two attached hydrogens (primary N) is 1. The maximum Gasteiger partial charge on any atom is 1.00 e. The molecule has 1 aromatic heterocycles. The van der Waals surface area contributed by atoms with E-state index in [2.05, 4.69) is 4.98 Å². The maximum atomic E-state index is 10.00. The molecule has 0 bridgehead atoms. The third-order valence-electron chi connectivity index (χ3n) is 0.698. The number of thiazole rings is 1. The van der Waals surface area contributed by atoms with Gasteiger partial charge in [-0.05, 0) is 0 Å². The van der Waals surface area contributed by atoms with Crippen LogP contribution in [0.15, 0.2) is 6.20 Å². The Hall–Kier alpha value is -0.503. The number of aromatic nitrogens is 1. The molecule has 1 rings (SSSR count). The van der Waals surface area contributed by atoms with E-state index in [1.165, 1.54) is 6.20 Å². The second kappa shape index (κ2) is 3.61. The van der Waals surface area contributed by atoms with Gasteiger partial charge >= 0.3 is 18.9 Å². The summed E-state index contributed by atoms with van der Waals surface area (Å²) in [7, 11) is 0. The topological polar surface area (TPSA) is 79.0 Å². The van der Waals surface area contributed by atoms with Crippen LogP contribution in [0.5, 0.6) is 0 Å². The van der Waals surface area contributed by atoms with Crippen molar-refractivity contribution in [3.05, 3.63) is 11.2 Å². The molecule has 0 aliphatic heterocycles.